The van der Waals surface area contributed by atoms with Gasteiger partial charge in [-0.2, -0.15) is 0 Å². The molecule has 4 nitrogen and oxygen atoms in total. The maximum absolute atomic E-state index is 12.8. The molecule has 1 amide bonds. The second kappa shape index (κ2) is 5.95. The zero-order valence-electron chi connectivity index (χ0n) is 12.0. The van der Waals surface area contributed by atoms with Crippen LogP contribution in [-0.4, -0.2) is 28.9 Å². The second-order valence-corrected chi connectivity index (χ2v) is 5.23. The van der Waals surface area contributed by atoms with E-state index in [1.807, 2.05) is 47.5 Å². The summed E-state index contributed by atoms with van der Waals surface area (Å²) in [6, 6.07) is 11.6. The summed E-state index contributed by atoms with van der Waals surface area (Å²) >= 11 is 0. The van der Waals surface area contributed by atoms with Gasteiger partial charge in [-0.15, -0.1) is 0 Å². The van der Waals surface area contributed by atoms with Gasteiger partial charge >= 0.3 is 0 Å². The molecule has 0 radical (unpaired) electrons. The fourth-order valence-corrected chi connectivity index (χ4v) is 2.42. The lowest BCUT2D eigenvalue weighted by molar-refractivity contribution is 0.0726. The fourth-order valence-electron chi connectivity index (χ4n) is 2.42. The van der Waals surface area contributed by atoms with Crippen molar-refractivity contribution in [3.05, 3.63) is 59.9 Å². The van der Waals surface area contributed by atoms with E-state index in [2.05, 4.69) is 4.98 Å². The summed E-state index contributed by atoms with van der Waals surface area (Å²) in [6.45, 7) is 0.593. The van der Waals surface area contributed by atoms with Gasteiger partial charge in [0.05, 0.1) is 12.7 Å². The van der Waals surface area contributed by atoms with Gasteiger partial charge in [0, 0.05) is 25.0 Å². The molecule has 1 aliphatic carbocycles. The highest BCUT2D eigenvalue weighted by atomic mass is 16.5. The number of carbonyl (C=O) groups excluding carboxylic acids is 1. The molecule has 0 aliphatic heterocycles. The highest BCUT2D eigenvalue weighted by molar-refractivity contribution is 5.97. The third-order valence-electron chi connectivity index (χ3n) is 3.66. The number of rotatable bonds is 5. The SMILES string of the molecule is COc1ccccc1C(=O)N(Cc1cccnc1)C1CC1. The minimum atomic E-state index is 0.0267. The Balaban J connectivity index is 1.85. The van der Waals surface area contributed by atoms with Crippen molar-refractivity contribution >= 4 is 5.91 Å². The Labute approximate surface area is 124 Å². The van der Waals surface area contributed by atoms with Crippen molar-refractivity contribution in [3.8, 4) is 5.75 Å². The molecule has 1 aromatic heterocycles. The standard InChI is InChI=1S/C17H18N2O2/c1-21-16-7-3-2-6-15(16)17(20)19(14-8-9-14)12-13-5-4-10-18-11-13/h2-7,10-11,14H,8-9,12H2,1H3. The first-order chi connectivity index (χ1) is 10.3. The number of ether oxygens (including phenoxy) is 1. The Morgan fingerprint density at radius 3 is 2.76 bits per heavy atom. The Kier molecular flexibility index (Phi) is 3.86. The molecule has 108 valence electrons. The van der Waals surface area contributed by atoms with Gasteiger partial charge in [-0.1, -0.05) is 18.2 Å². The molecule has 1 aromatic carbocycles. The van der Waals surface area contributed by atoms with E-state index < -0.39 is 0 Å². The topological polar surface area (TPSA) is 42.4 Å². The predicted molar refractivity (Wildman–Crippen MR) is 80.1 cm³/mol. The zero-order valence-corrected chi connectivity index (χ0v) is 12.0. The summed E-state index contributed by atoms with van der Waals surface area (Å²) < 4.78 is 5.31. The van der Waals surface area contributed by atoms with Gasteiger partial charge < -0.3 is 9.64 Å². The van der Waals surface area contributed by atoms with Gasteiger partial charge in [0.25, 0.3) is 5.91 Å². The minimum Gasteiger partial charge on any atom is -0.496 e. The van der Waals surface area contributed by atoms with Crippen LogP contribution in [0, 0.1) is 0 Å². The lowest BCUT2D eigenvalue weighted by Gasteiger charge is -2.23. The molecule has 0 atom stereocenters. The Bertz CT molecular complexity index is 624. The molecule has 1 heterocycles. The number of para-hydroxylation sites is 1. The van der Waals surface area contributed by atoms with Gasteiger partial charge in [0.1, 0.15) is 5.75 Å². The second-order valence-electron chi connectivity index (χ2n) is 5.23. The molecule has 0 bridgehead atoms. The molecule has 0 saturated heterocycles. The predicted octanol–water partition coefficient (Wildman–Crippen LogP) is 2.90. The highest BCUT2D eigenvalue weighted by Gasteiger charge is 2.34. The summed E-state index contributed by atoms with van der Waals surface area (Å²) in [5.41, 5.74) is 1.67. The molecular weight excluding hydrogens is 264 g/mol. The van der Waals surface area contributed by atoms with Gasteiger partial charge in [0.2, 0.25) is 0 Å². The molecule has 1 fully saturated rings. The van der Waals surface area contributed by atoms with Gasteiger partial charge in [-0.25, -0.2) is 0 Å². The normalized spacial score (nSPS) is 13.8. The fraction of sp³-hybridized carbons (Fsp3) is 0.294. The Morgan fingerprint density at radius 1 is 1.29 bits per heavy atom. The molecule has 4 heteroatoms. The maximum atomic E-state index is 12.8. The summed E-state index contributed by atoms with van der Waals surface area (Å²) in [7, 11) is 1.59. The van der Waals surface area contributed by atoms with E-state index in [4.69, 9.17) is 4.74 Å². The number of aromatic nitrogens is 1. The third-order valence-corrected chi connectivity index (χ3v) is 3.66. The van der Waals surface area contributed by atoms with Gasteiger partial charge in [-0.3, -0.25) is 9.78 Å². The van der Waals surface area contributed by atoms with Crippen LogP contribution in [0.15, 0.2) is 48.8 Å². The molecule has 3 rings (SSSR count). The van der Waals surface area contributed by atoms with Crippen LogP contribution < -0.4 is 4.74 Å². The molecule has 0 unspecified atom stereocenters. The van der Waals surface area contributed by atoms with Crippen LogP contribution in [-0.2, 0) is 6.54 Å². The van der Waals surface area contributed by atoms with Crippen LogP contribution >= 0.6 is 0 Å². The van der Waals surface area contributed by atoms with Crippen LogP contribution in [0.2, 0.25) is 0 Å². The van der Waals surface area contributed by atoms with Crippen LogP contribution in [0.5, 0.6) is 5.75 Å². The lowest BCUT2D eigenvalue weighted by atomic mass is 10.1. The van der Waals surface area contributed by atoms with Crippen molar-refractivity contribution in [2.45, 2.75) is 25.4 Å². The summed E-state index contributed by atoms with van der Waals surface area (Å²) in [4.78, 5) is 18.9. The first-order valence-corrected chi connectivity index (χ1v) is 7.12. The highest BCUT2D eigenvalue weighted by Crippen LogP contribution is 2.31. The van der Waals surface area contributed by atoms with Gasteiger partial charge in [-0.05, 0) is 36.6 Å². The van der Waals surface area contributed by atoms with Crippen LogP contribution in [0.4, 0.5) is 0 Å². The molecule has 21 heavy (non-hydrogen) atoms. The minimum absolute atomic E-state index is 0.0267. The van der Waals surface area contributed by atoms with E-state index in [1.165, 1.54) is 0 Å². The van der Waals surface area contributed by atoms with Crippen LogP contribution in [0.1, 0.15) is 28.8 Å². The van der Waals surface area contributed by atoms with E-state index in [9.17, 15) is 4.79 Å². The number of hydrogen-bond acceptors (Lipinski definition) is 3. The Morgan fingerprint density at radius 2 is 2.10 bits per heavy atom. The van der Waals surface area contributed by atoms with Gasteiger partial charge in [0.15, 0.2) is 0 Å². The first kappa shape index (κ1) is 13.6. The smallest absolute Gasteiger partial charge is 0.258 e. The number of benzene rings is 1. The van der Waals surface area contributed by atoms with Crippen molar-refractivity contribution in [1.29, 1.82) is 0 Å². The first-order valence-electron chi connectivity index (χ1n) is 7.12. The van der Waals surface area contributed by atoms with Crippen molar-refractivity contribution in [2.24, 2.45) is 0 Å². The molecule has 1 saturated carbocycles. The maximum Gasteiger partial charge on any atom is 0.258 e. The van der Waals surface area contributed by atoms with Crippen molar-refractivity contribution < 1.29 is 9.53 Å². The molecular formula is C17H18N2O2. The van der Waals surface area contributed by atoms with Crippen LogP contribution in [0.25, 0.3) is 0 Å². The molecule has 0 N–H and O–H groups in total. The summed E-state index contributed by atoms with van der Waals surface area (Å²) in [6.07, 6.45) is 5.69. The van der Waals surface area contributed by atoms with Crippen molar-refractivity contribution in [1.82, 2.24) is 9.88 Å². The number of nitrogens with zero attached hydrogens (tertiary/aromatic N) is 2. The zero-order chi connectivity index (χ0) is 14.7. The van der Waals surface area contributed by atoms with E-state index >= 15 is 0 Å². The lowest BCUT2D eigenvalue weighted by Crippen LogP contribution is -2.32. The van der Waals surface area contributed by atoms with E-state index in [1.54, 1.807) is 13.3 Å². The van der Waals surface area contributed by atoms with Crippen LogP contribution in [0.3, 0.4) is 0 Å². The average molecular weight is 282 g/mol. The van der Waals surface area contributed by atoms with Crippen molar-refractivity contribution in [2.75, 3.05) is 7.11 Å². The van der Waals surface area contributed by atoms with E-state index in [0.29, 0.717) is 23.9 Å². The molecule has 2 aromatic rings. The molecule has 0 spiro atoms. The quantitative estimate of drug-likeness (QED) is 0.847. The third kappa shape index (κ3) is 3.05. The number of methoxy groups -OCH3 is 1. The Hall–Kier alpha value is -2.36. The van der Waals surface area contributed by atoms with E-state index in [-0.39, 0.29) is 5.91 Å². The van der Waals surface area contributed by atoms with Crippen molar-refractivity contribution in [3.63, 3.8) is 0 Å². The largest absolute Gasteiger partial charge is 0.496 e. The number of hydrogen-bond donors (Lipinski definition) is 0. The number of pyridine rings is 1. The summed E-state index contributed by atoms with van der Waals surface area (Å²) in [5.74, 6) is 0.651. The monoisotopic (exact) mass is 282 g/mol. The average Bonchev–Trinajstić information content (AvgIpc) is 3.37. The van der Waals surface area contributed by atoms with E-state index in [0.717, 1.165) is 18.4 Å². The number of amides is 1. The summed E-state index contributed by atoms with van der Waals surface area (Å²) in [5, 5.41) is 0. The number of carbonyl (C=O) groups is 1. The molecule has 1 aliphatic rings.